The first kappa shape index (κ1) is 14.4. The fraction of sp³-hybridized carbons (Fsp3) is 0.0667. The molecule has 2 aromatic heterocycles. The normalized spacial score (nSPS) is 10.6. The summed E-state index contributed by atoms with van der Waals surface area (Å²) >= 11 is 3.39. The number of nitrogens with zero attached hydrogens (tertiary/aromatic N) is 4. The standard InChI is InChI=1S/C15H11BrN4O2/c16-12-3-1-10(2-4-12)9-20-14(11-5-7-17-8-6-11)13(15(21)22)18-19-20/h1-8H,9H2,(H,21,22). The van der Waals surface area contributed by atoms with Gasteiger partial charge in [0.1, 0.15) is 5.69 Å². The van der Waals surface area contributed by atoms with Gasteiger partial charge in [0.15, 0.2) is 5.69 Å². The van der Waals surface area contributed by atoms with Crippen molar-refractivity contribution in [3.63, 3.8) is 0 Å². The van der Waals surface area contributed by atoms with E-state index in [1.54, 1.807) is 29.2 Å². The van der Waals surface area contributed by atoms with Crippen molar-refractivity contribution in [2.75, 3.05) is 0 Å². The Morgan fingerprint density at radius 1 is 1.14 bits per heavy atom. The molecule has 0 radical (unpaired) electrons. The lowest BCUT2D eigenvalue weighted by atomic mass is 10.1. The highest BCUT2D eigenvalue weighted by molar-refractivity contribution is 9.10. The van der Waals surface area contributed by atoms with Gasteiger partial charge in [-0.05, 0) is 29.8 Å². The Balaban J connectivity index is 2.05. The quantitative estimate of drug-likeness (QED) is 0.775. The topological polar surface area (TPSA) is 80.9 Å². The van der Waals surface area contributed by atoms with E-state index in [0.29, 0.717) is 12.2 Å². The van der Waals surface area contributed by atoms with E-state index in [1.165, 1.54) is 0 Å². The second kappa shape index (κ2) is 6.07. The maximum Gasteiger partial charge on any atom is 0.358 e. The Kier molecular flexibility index (Phi) is 3.97. The van der Waals surface area contributed by atoms with Crippen LogP contribution >= 0.6 is 15.9 Å². The molecule has 22 heavy (non-hydrogen) atoms. The van der Waals surface area contributed by atoms with Crippen LogP contribution in [-0.2, 0) is 6.54 Å². The Hall–Kier alpha value is -2.54. The van der Waals surface area contributed by atoms with Crippen LogP contribution in [-0.4, -0.2) is 31.1 Å². The average molecular weight is 359 g/mol. The molecule has 0 bridgehead atoms. The summed E-state index contributed by atoms with van der Waals surface area (Å²) in [4.78, 5) is 15.3. The second-order valence-corrected chi connectivity index (χ2v) is 5.53. The lowest BCUT2D eigenvalue weighted by Gasteiger charge is -2.07. The molecule has 1 N–H and O–H groups in total. The molecule has 0 aliphatic heterocycles. The van der Waals surface area contributed by atoms with Gasteiger partial charge in [-0.1, -0.05) is 33.3 Å². The van der Waals surface area contributed by atoms with Crippen LogP contribution in [0.3, 0.4) is 0 Å². The van der Waals surface area contributed by atoms with Crippen LogP contribution in [0.2, 0.25) is 0 Å². The van der Waals surface area contributed by atoms with E-state index in [4.69, 9.17) is 0 Å². The maximum absolute atomic E-state index is 11.4. The number of hydrogen-bond donors (Lipinski definition) is 1. The minimum Gasteiger partial charge on any atom is -0.476 e. The van der Waals surface area contributed by atoms with Gasteiger partial charge in [0.2, 0.25) is 0 Å². The highest BCUT2D eigenvalue weighted by atomic mass is 79.9. The number of hydrogen-bond acceptors (Lipinski definition) is 4. The highest BCUT2D eigenvalue weighted by Crippen LogP contribution is 2.23. The SMILES string of the molecule is O=C(O)c1nnn(Cc2ccc(Br)cc2)c1-c1ccncc1. The average Bonchev–Trinajstić information content (AvgIpc) is 2.94. The Labute approximate surface area is 134 Å². The van der Waals surface area contributed by atoms with E-state index in [-0.39, 0.29) is 5.69 Å². The fourth-order valence-corrected chi connectivity index (χ4v) is 2.39. The van der Waals surface area contributed by atoms with Gasteiger partial charge in [0.25, 0.3) is 0 Å². The summed E-state index contributed by atoms with van der Waals surface area (Å²) in [5, 5.41) is 17.1. The Morgan fingerprint density at radius 2 is 1.82 bits per heavy atom. The predicted octanol–water partition coefficient (Wildman–Crippen LogP) is 2.85. The van der Waals surface area contributed by atoms with Gasteiger partial charge in [-0.25, -0.2) is 9.48 Å². The van der Waals surface area contributed by atoms with Crippen LogP contribution in [0.15, 0.2) is 53.3 Å². The van der Waals surface area contributed by atoms with E-state index < -0.39 is 5.97 Å². The zero-order valence-electron chi connectivity index (χ0n) is 11.3. The molecule has 7 heteroatoms. The number of benzene rings is 1. The first-order chi connectivity index (χ1) is 10.6. The first-order valence-electron chi connectivity index (χ1n) is 6.47. The molecule has 3 rings (SSSR count). The number of aromatic carboxylic acids is 1. The van der Waals surface area contributed by atoms with Gasteiger partial charge in [-0.2, -0.15) is 0 Å². The van der Waals surface area contributed by atoms with E-state index in [0.717, 1.165) is 15.6 Å². The lowest BCUT2D eigenvalue weighted by molar-refractivity contribution is 0.0691. The molecule has 0 saturated carbocycles. The van der Waals surface area contributed by atoms with Gasteiger partial charge in [-0.3, -0.25) is 4.98 Å². The molecule has 0 fully saturated rings. The number of pyridine rings is 1. The molecule has 0 amide bonds. The molecular weight excluding hydrogens is 348 g/mol. The van der Waals surface area contributed by atoms with E-state index in [2.05, 4.69) is 31.2 Å². The van der Waals surface area contributed by atoms with Gasteiger partial charge in [0, 0.05) is 22.4 Å². The fourth-order valence-electron chi connectivity index (χ4n) is 2.13. The molecule has 0 saturated heterocycles. The largest absolute Gasteiger partial charge is 0.476 e. The number of carbonyl (C=O) groups is 1. The lowest BCUT2D eigenvalue weighted by Crippen LogP contribution is -2.06. The van der Waals surface area contributed by atoms with Crippen molar-refractivity contribution in [2.24, 2.45) is 0 Å². The minimum absolute atomic E-state index is 0.0664. The molecule has 6 nitrogen and oxygen atoms in total. The molecular formula is C15H11BrN4O2. The molecule has 1 aromatic carbocycles. The number of carboxylic acids is 1. The van der Waals surface area contributed by atoms with Crippen LogP contribution in [0.5, 0.6) is 0 Å². The van der Waals surface area contributed by atoms with Crippen molar-refractivity contribution < 1.29 is 9.90 Å². The minimum atomic E-state index is -1.10. The monoisotopic (exact) mass is 358 g/mol. The van der Waals surface area contributed by atoms with Crippen LogP contribution in [0.1, 0.15) is 16.1 Å². The highest BCUT2D eigenvalue weighted by Gasteiger charge is 2.20. The summed E-state index contributed by atoms with van der Waals surface area (Å²) in [5.41, 5.74) is 2.12. The molecule has 3 aromatic rings. The summed E-state index contributed by atoms with van der Waals surface area (Å²) in [7, 11) is 0. The van der Waals surface area contributed by atoms with E-state index >= 15 is 0 Å². The van der Waals surface area contributed by atoms with Crippen molar-refractivity contribution in [1.82, 2.24) is 20.0 Å². The zero-order valence-corrected chi connectivity index (χ0v) is 12.9. The van der Waals surface area contributed by atoms with Crippen LogP contribution in [0, 0.1) is 0 Å². The van der Waals surface area contributed by atoms with Crippen molar-refractivity contribution in [3.8, 4) is 11.3 Å². The molecule has 2 heterocycles. The van der Waals surface area contributed by atoms with Gasteiger partial charge < -0.3 is 5.11 Å². The van der Waals surface area contributed by atoms with Crippen molar-refractivity contribution in [1.29, 1.82) is 0 Å². The number of rotatable bonds is 4. The summed E-state index contributed by atoms with van der Waals surface area (Å²) < 4.78 is 2.57. The third-order valence-corrected chi connectivity index (χ3v) is 3.67. The third-order valence-electron chi connectivity index (χ3n) is 3.14. The van der Waals surface area contributed by atoms with Crippen molar-refractivity contribution in [3.05, 3.63) is 64.5 Å². The smallest absolute Gasteiger partial charge is 0.358 e. The molecule has 0 spiro atoms. The molecule has 0 atom stereocenters. The van der Waals surface area contributed by atoms with Crippen LogP contribution < -0.4 is 0 Å². The number of carboxylic acid groups (broad SMARTS) is 1. The molecule has 0 aliphatic rings. The summed E-state index contributed by atoms with van der Waals surface area (Å²) in [5.74, 6) is -1.10. The molecule has 0 unspecified atom stereocenters. The van der Waals surface area contributed by atoms with E-state index in [9.17, 15) is 9.90 Å². The van der Waals surface area contributed by atoms with Gasteiger partial charge >= 0.3 is 5.97 Å². The van der Waals surface area contributed by atoms with Gasteiger partial charge in [-0.15, -0.1) is 5.10 Å². The molecule has 0 aliphatic carbocycles. The number of aromatic nitrogens is 4. The van der Waals surface area contributed by atoms with Gasteiger partial charge in [0.05, 0.1) is 6.54 Å². The van der Waals surface area contributed by atoms with E-state index in [1.807, 2.05) is 24.3 Å². The maximum atomic E-state index is 11.4. The summed E-state index contributed by atoms with van der Waals surface area (Å²) in [6.45, 7) is 0.436. The second-order valence-electron chi connectivity index (χ2n) is 4.61. The van der Waals surface area contributed by atoms with Crippen molar-refractivity contribution in [2.45, 2.75) is 6.54 Å². The third kappa shape index (κ3) is 2.89. The van der Waals surface area contributed by atoms with Crippen LogP contribution in [0.4, 0.5) is 0 Å². The summed E-state index contributed by atoms with van der Waals surface area (Å²) in [6, 6.07) is 11.2. The molecule has 110 valence electrons. The first-order valence-corrected chi connectivity index (χ1v) is 7.26. The zero-order chi connectivity index (χ0) is 15.5. The Morgan fingerprint density at radius 3 is 2.45 bits per heavy atom. The predicted molar refractivity (Wildman–Crippen MR) is 83.5 cm³/mol. The summed E-state index contributed by atoms with van der Waals surface area (Å²) in [6.07, 6.45) is 3.22. The van der Waals surface area contributed by atoms with Crippen molar-refractivity contribution >= 4 is 21.9 Å². The van der Waals surface area contributed by atoms with Crippen LogP contribution in [0.25, 0.3) is 11.3 Å². The number of halogens is 1. The Bertz CT molecular complexity index is 800.